The molecule has 1 amide bonds. The molecule has 0 atom stereocenters. The number of nitrogens with zero attached hydrogens (tertiary/aromatic N) is 3. The van der Waals surface area contributed by atoms with Crippen molar-refractivity contribution in [1.29, 1.82) is 0 Å². The van der Waals surface area contributed by atoms with E-state index in [-0.39, 0.29) is 5.91 Å². The maximum absolute atomic E-state index is 12.0. The summed E-state index contributed by atoms with van der Waals surface area (Å²) in [5.41, 5.74) is 1.93. The first-order valence-electron chi connectivity index (χ1n) is 10.4. The van der Waals surface area contributed by atoms with Gasteiger partial charge in [0, 0.05) is 50.0 Å². The topological polar surface area (TPSA) is 85.8 Å². The van der Waals surface area contributed by atoms with E-state index in [1.165, 1.54) is 5.56 Å². The standard InChI is InChI=1S/C20H23ClN4O.C2HF3O2/c21-17-4-1-15(2-5-17)14-24-9-11-25(12-10-24)19-8-3-16(13-22-19)20(26)23-18-6-7-18;3-2(4,5)1(6)7/h1-5,8,13,18H,6-7,9-12,14H2,(H,23,26);(H,6,7). The molecule has 7 nitrogen and oxygen atoms in total. The molecule has 11 heteroatoms. The minimum Gasteiger partial charge on any atom is -0.475 e. The summed E-state index contributed by atoms with van der Waals surface area (Å²) in [6.07, 6.45) is -1.21. The predicted octanol–water partition coefficient (Wildman–Crippen LogP) is 3.58. The van der Waals surface area contributed by atoms with E-state index in [0.717, 1.165) is 56.4 Å². The Hall–Kier alpha value is -2.85. The number of carboxylic acids is 1. The molecule has 4 rings (SSSR count). The van der Waals surface area contributed by atoms with Crippen molar-refractivity contribution in [2.45, 2.75) is 31.6 Å². The lowest BCUT2D eigenvalue weighted by Gasteiger charge is -2.35. The van der Waals surface area contributed by atoms with Crippen LogP contribution in [0.5, 0.6) is 0 Å². The van der Waals surface area contributed by atoms with Gasteiger partial charge in [0.05, 0.1) is 5.56 Å². The van der Waals surface area contributed by atoms with Gasteiger partial charge >= 0.3 is 12.1 Å². The summed E-state index contributed by atoms with van der Waals surface area (Å²) in [6, 6.07) is 12.3. The summed E-state index contributed by atoms with van der Waals surface area (Å²) in [4.78, 5) is 30.2. The molecule has 1 aliphatic carbocycles. The third kappa shape index (κ3) is 7.90. The van der Waals surface area contributed by atoms with E-state index in [1.807, 2.05) is 24.3 Å². The Morgan fingerprint density at radius 2 is 1.67 bits per heavy atom. The van der Waals surface area contributed by atoms with Gasteiger partial charge in [0.1, 0.15) is 5.82 Å². The zero-order chi connectivity index (χ0) is 24.0. The summed E-state index contributed by atoms with van der Waals surface area (Å²) in [5, 5.41) is 10.9. The summed E-state index contributed by atoms with van der Waals surface area (Å²) in [6.45, 7) is 4.81. The van der Waals surface area contributed by atoms with Gasteiger partial charge in [0.15, 0.2) is 0 Å². The van der Waals surface area contributed by atoms with Crippen molar-refractivity contribution in [3.63, 3.8) is 0 Å². The van der Waals surface area contributed by atoms with Gasteiger partial charge in [-0.3, -0.25) is 9.69 Å². The van der Waals surface area contributed by atoms with Crippen molar-refractivity contribution in [2.24, 2.45) is 0 Å². The molecular formula is C22H24ClF3N4O3. The molecule has 1 saturated carbocycles. The van der Waals surface area contributed by atoms with Gasteiger partial charge in [-0.05, 0) is 42.7 Å². The normalized spacial score (nSPS) is 16.5. The van der Waals surface area contributed by atoms with Gasteiger partial charge in [0.25, 0.3) is 5.91 Å². The van der Waals surface area contributed by atoms with Crippen LogP contribution >= 0.6 is 11.6 Å². The van der Waals surface area contributed by atoms with E-state index in [1.54, 1.807) is 6.20 Å². The number of piperazine rings is 1. The molecule has 2 N–H and O–H groups in total. The smallest absolute Gasteiger partial charge is 0.475 e. The highest BCUT2D eigenvalue weighted by atomic mass is 35.5. The maximum Gasteiger partial charge on any atom is 0.490 e. The molecule has 1 aromatic carbocycles. The first-order valence-corrected chi connectivity index (χ1v) is 10.8. The minimum absolute atomic E-state index is 0.0145. The molecule has 2 fully saturated rings. The van der Waals surface area contributed by atoms with Crippen LogP contribution in [0, 0.1) is 0 Å². The highest BCUT2D eigenvalue weighted by molar-refractivity contribution is 6.30. The largest absolute Gasteiger partial charge is 0.490 e. The Labute approximate surface area is 194 Å². The number of alkyl halides is 3. The Kier molecular flexibility index (Phi) is 8.15. The monoisotopic (exact) mass is 484 g/mol. The van der Waals surface area contributed by atoms with Crippen LogP contribution in [0.15, 0.2) is 42.6 Å². The molecule has 0 unspecified atom stereocenters. The average Bonchev–Trinajstić information content (AvgIpc) is 3.60. The molecule has 33 heavy (non-hydrogen) atoms. The van der Waals surface area contributed by atoms with Crippen molar-refractivity contribution in [3.05, 3.63) is 58.7 Å². The lowest BCUT2D eigenvalue weighted by Crippen LogP contribution is -2.46. The first kappa shape index (κ1) is 24.8. The number of rotatable bonds is 5. The summed E-state index contributed by atoms with van der Waals surface area (Å²) < 4.78 is 31.7. The van der Waals surface area contributed by atoms with Gasteiger partial charge < -0.3 is 15.3 Å². The molecule has 0 bridgehead atoms. The number of halogens is 4. The number of aliphatic carboxylic acids is 1. The van der Waals surface area contributed by atoms with E-state index in [2.05, 4.69) is 32.2 Å². The summed E-state index contributed by atoms with van der Waals surface area (Å²) in [7, 11) is 0. The van der Waals surface area contributed by atoms with Crippen LogP contribution in [-0.2, 0) is 11.3 Å². The average molecular weight is 485 g/mol. The predicted molar refractivity (Wildman–Crippen MR) is 117 cm³/mol. The number of benzene rings is 1. The van der Waals surface area contributed by atoms with E-state index in [4.69, 9.17) is 21.5 Å². The van der Waals surface area contributed by atoms with Crippen molar-refractivity contribution < 1.29 is 27.9 Å². The fraction of sp³-hybridized carbons (Fsp3) is 0.409. The molecule has 2 aromatic rings. The van der Waals surface area contributed by atoms with Crippen molar-refractivity contribution in [3.8, 4) is 0 Å². The van der Waals surface area contributed by atoms with Crippen molar-refractivity contribution in [2.75, 3.05) is 31.1 Å². The SMILES string of the molecule is O=C(NC1CC1)c1ccc(N2CCN(Cc3ccc(Cl)cc3)CC2)nc1.O=C(O)C(F)(F)F. The molecule has 0 radical (unpaired) electrons. The van der Waals surface area contributed by atoms with E-state index in [9.17, 15) is 18.0 Å². The van der Waals surface area contributed by atoms with E-state index < -0.39 is 12.1 Å². The zero-order valence-electron chi connectivity index (χ0n) is 17.7. The van der Waals surface area contributed by atoms with Crippen LogP contribution in [0.4, 0.5) is 19.0 Å². The number of anilines is 1. The second kappa shape index (κ2) is 10.8. The summed E-state index contributed by atoms with van der Waals surface area (Å²) >= 11 is 5.95. The number of hydrogen-bond donors (Lipinski definition) is 2. The minimum atomic E-state index is -5.08. The molecule has 1 aromatic heterocycles. The Bertz CT molecular complexity index is 943. The van der Waals surface area contributed by atoms with Gasteiger partial charge in [-0.2, -0.15) is 13.2 Å². The molecule has 2 aliphatic rings. The molecule has 1 saturated heterocycles. The number of pyridine rings is 1. The lowest BCUT2D eigenvalue weighted by molar-refractivity contribution is -0.192. The number of amides is 1. The van der Waals surface area contributed by atoms with Crippen LogP contribution in [0.2, 0.25) is 5.02 Å². The Balaban J connectivity index is 0.000000383. The maximum atomic E-state index is 12.0. The van der Waals surface area contributed by atoms with Crippen LogP contribution in [-0.4, -0.2) is 65.3 Å². The molecular weight excluding hydrogens is 461 g/mol. The fourth-order valence-electron chi connectivity index (χ4n) is 3.19. The van der Waals surface area contributed by atoms with Crippen LogP contribution in [0.25, 0.3) is 0 Å². The molecule has 1 aliphatic heterocycles. The molecule has 2 heterocycles. The van der Waals surface area contributed by atoms with Crippen molar-refractivity contribution in [1.82, 2.24) is 15.2 Å². The van der Waals surface area contributed by atoms with Crippen molar-refractivity contribution >= 4 is 29.3 Å². The van der Waals surface area contributed by atoms with E-state index >= 15 is 0 Å². The Morgan fingerprint density at radius 1 is 1.06 bits per heavy atom. The van der Waals surface area contributed by atoms with Gasteiger partial charge in [-0.25, -0.2) is 9.78 Å². The fourth-order valence-corrected chi connectivity index (χ4v) is 3.31. The van der Waals surface area contributed by atoms with Gasteiger partial charge in [0.2, 0.25) is 0 Å². The number of carbonyl (C=O) groups is 2. The highest BCUT2D eigenvalue weighted by Gasteiger charge is 2.38. The van der Waals surface area contributed by atoms with Crippen LogP contribution < -0.4 is 10.2 Å². The zero-order valence-corrected chi connectivity index (χ0v) is 18.4. The van der Waals surface area contributed by atoms with Crippen LogP contribution in [0.1, 0.15) is 28.8 Å². The number of carboxylic acid groups (broad SMARTS) is 1. The van der Waals surface area contributed by atoms with Gasteiger partial charge in [-0.1, -0.05) is 23.7 Å². The number of hydrogen-bond acceptors (Lipinski definition) is 5. The summed E-state index contributed by atoms with van der Waals surface area (Å²) in [5.74, 6) is -1.83. The van der Waals surface area contributed by atoms with Crippen LogP contribution in [0.3, 0.4) is 0 Å². The first-order chi connectivity index (χ1) is 15.6. The number of aromatic nitrogens is 1. The number of nitrogens with one attached hydrogen (secondary N) is 1. The second-order valence-electron chi connectivity index (χ2n) is 7.85. The Morgan fingerprint density at radius 3 is 2.15 bits per heavy atom. The third-order valence-corrected chi connectivity index (χ3v) is 5.43. The third-order valence-electron chi connectivity index (χ3n) is 5.18. The molecule has 178 valence electrons. The number of carbonyl (C=O) groups excluding carboxylic acids is 1. The quantitative estimate of drug-likeness (QED) is 0.674. The van der Waals surface area contributed by atoms with E-state index in [0.29, 0.717) is 11.6 Å². The van der Waals surface area contributed by atoms with Gasteiger partial charge in [-0.15, -0.1) is 0 Å². The lowest BCUT2D eigenvalue weighted by atomic mass is 10.2. The highest BCUT2D eigenvalue weighted by Crippen LogP contribution is 2.20. The molecule has 0 spiro atoms. The second-order valence-corrected chi connectivity index (χ2v) is 8.28.